The summed E-state index contributed by atoms with van der Waals surface area (Å²) in [5.74, 6) is -2.31. The number of hydrogen-bond acceptors (Lipinski definition) is 2. The van der Waals surface area contributed by atoms with Crippen LogP contribution < -0.4 is 0 Å². The van der Waals surface area contributed by atoms with E-state index in [0.717, 1.165) is 12.1 Å². The number of carbonyl (C=O) groups is 1. The van der Waals surface area contributed by atoms with Crippen molar-refractivity contribution in [1.29, 1.82) is 0 Å². The molecule has 0 saturated heterocycles. The maximum atomic E-state index is 13.1. The van der Waals surface area contributed by atoms with Crippen LogP contribution in [0.15, 0.2) is 18.2 Å². The van der Waals surface area contributed by atoms with Crippen LogP contribution in [0.5, 0.6) is 0 Å². The molecule has 0 aliphatic heterocycles. The molecule has 1 rings (SSSR count). The van der Waals surface area contributed by atoms with E-state index in [4.69, 9.17) is 0 Å². The highest BCUT2D eigenvalue weighted by Crippen LogP contribution is 2.17. The highest BCUT2D eigenvalue weighted by molar-refractivity contribution is 7.87. The number of rotatable bonds is 5. The van der Waals surface area contributed by atoms with Gasteiger partial charge in [0.25, 0.3) is 0 Å². The van der Waals surface area contributed by atoms with E-state index in [-0.39, 0.29) is 16.7 Å². The Labute approximate surface area is 114 Å². The molecule has 0 bridgehead atoms. The molecule has 0 amide bonds. The van der Waals surface area contributed by atoms with Crippen LogP contribution in [0.25, 0.3) is 0 Å². The van der Waals surface area contributed by atoms with Gasteiger partial charge in [-0.25, -0.2) is 8.78 Å². The zero-order valence-electron chi connectivity index (χ0n) is 11.4. The summed E-state index contributed by atoms with van der Waals surface area (Å²) in [6.45, 7) is 7.23. The normalized spacial score (nSPS) is 16.2. The van der Waals surface area contributed by atoms with Crippen molar-refractivity contribution >= 4 is 16.6 Å². The van der Waals surface area contributed by atoms with Gasteiger partial charge in [0.2, 0.25) is 0 Å². The fraction of sp³-hybridized carbons (Fsp3) is 0.500. The van der Waals surface area contributed by atoms with Gasteiger partial charge >= 0.3 is 0 Å². The summed E-state index contributed by atoms with van der Waals surface area (Å²) in [6.07, 6.45) is 0. The van der Waals surface area contributed by atoms with Gasteiger partial charge in [-0.2, -0.15) is 0 Å². The van der Waals surface area contributed by atoms with Gasteiger partial charge < -0.3 is 0 Å². The third kappa shape index (κ3) is 3.69. The van der Waals surface area contributed by atoms with Gasteiger partial charge in [-0.3, -0.25) is 9.00 Å². The van der Waals surface area contributed by atoms with Crippen molar-refractivity contribution in [3.63, 3.8) is 0 Å². The highest BCUT2D eigenvalue weighted by Gasteiger charge is 2.27. The smallest absolute Gasteiger partial charge is 0.178 e. The first-order chi connectivity index (χ1) is 8.75. The Morgan fingerprint density at radius 1 is 1.11 bits per heavy atom. The minimum Gasteiger partial charge on any atom is -0.293 e. The molecular weight excluding hydrogens is 270 g/mol. The third-order valence-corrected chi connectivity index (χ3v) is 5.42. The number of hydrogen-bond donors (Lipinski definition) is 0. The lowest BCUT2D eigenvalue weighted by Gasteiger charge is -2.19. The van der Waals surface area contributed by atoms with E-state index >= 15 is 0 Å². The van der Waals surface area contributed by atoms with Crippen LogP contribution >= 0.6 is 0 Å². The molecule has 0 radical (unpaired) electrons. The topological polar surface area (TPSA) is 34.1 Å². The van der Waals surface area contributed by atoms with Crippen molar-refractivity contribution in [3.05, 3.63) is 35.4 Å². The van der Waals surface area contributed by atoms with E-state index in [9.17, 15) is 17.8 Å². The standard InChI is InChI=1S/C14H18F2O2S/c1-8(2)9(3)19(18)10(4)14(17)11-5-6-12(15)13(16)7-11/h5-10H,1-4H3. The van der Waals surface area contributed by atoms with Crippen LogP contribution in [0.4, 0.5) is 8.78 Å². The molecule has 106 valence electrons. The zero-order chi connectivity index (χ0) is 14.7. The molecule has 2 nitrogen and oxygen atoms in total. The fourth-order valence-corrected chi connectivity index (χ4v) is 3.11. The van der Waals surface area contributed by atoms with Crippen molar-refractivity contribution in [1.82, 2.24) is 0 Å². The molecule has 0 aliphatic rings. The monoisotopic (exact) mass is 288 g/mol. The first-order valence-electron chi connectivity index (χ1n) is 6.14. The lowest BCUT2D eigenvalue weighted by atomic mass is 10.1. The van der Waals surface area contributed by atoms with E-state index in [1.165, 1.54) is 6.07 Å². The number of carbonyl (C=O) groups excluding carboxylic acids is 1. The average molecular weight is 288 g/mol. The molecule has 1 aromatic rings. The second-order valence-corrected chi connectivity index (χ2v) is 7.02. The van der Waals surface area contributed by atoms with Gasteiger partial charge in [0, 0.05) is 21.6 Å². The molecule has 5 heteroatoms. The molecule has 1 aromatic carbocycles. The van der Waals surface area contributed by atoms with Crippen molar-refractivity contribution < 1.29 is 17.8 Å². The van der Waals surface area contributed by atoms with Gasteiger partial charge in [-0.1, -0.05) is 20.8 Å². The summed E-state index contributed by atoms with van der Waals surface area (Å²) < 4.78 is 38.1. The third-order valence-electron chi connectivity index (χ3n) is 3.23. The zero-order valence-corrected chi connectivity index (χ0v) is 12.3. The second kappa shape index (κ2) is 6.37. The van der Waals surface area contributed by atoms with E-state index in [1.54, 1.807) is 6.92 Å². The Morgan fingerprint density at radius 2 is 1.68 bits per heavy atom. The number of ketones is 1. The first-order valence-corrected chi connectivity index (χ1v) is 7.42. The average Bonchev–Trinajstić information content (AvgIpc) is 2.38. The minimum atomic E-state index is -1.35. The predicted octanol–water partition coefficient (Wildman–Crippen LogP) is 3.33. The van der Waals surface area contributed by atoms with Gasteiger partial charge in [-0.15, -0.1) is 0 Å². The molecule has 0 aromatic heterocycles. The van der Waals surface area contributed by atoms with Gasteiger partial charge in [0.15, 0.2) is 17.4 Å². The van der Waals surface area contributed by atoms with E-state index in [1.807, 2.05) is 20.8 Å². The largest absolute Gasteiger partial charge is 0.293 e. The Hall–Kier alpha value is -1.10. The molecule has 0 fully saturated rings. The molecule has 19 heavy (non-hydrogen) atoms. The predicted molar refractivity (Wildman–Crippen MR) is 72.6 cm³/mol. The summed E-state index contributed by atoms with van der Waals surface area (Å²) in [5, 5.41) is -0.869. The molecule has 0 spiro atoms. The molecule has 3 unspecified atom stereocenters. The van der Waals surface area contributed by atoms with Gasteiger partial charge in [0.05, 0.1) is 5.25 Å². The summed E-state index contributed by atoms with van der Waals surface area (Å²) in [6, 6.07) is 2.98. The maximum absolute atomic E-state index is 13.1. The van der Waals surface area contributed by atoms with Gasteiger partial charge in [-0.05, 0) is 31.0 Å². The Balaban J connectivity index is 2.93. The van der Waals surface area contributed by atoms with Crippen molar-refractivity contribution in [2.24, 2.45) is 5.92 Å². The van der Waals surface area contributed by atoms with E-state index in [2.05, 4.69) is 0 Å². The first kappa shape index (κ1) is 16.0. The van der Waals surface area contributed by atoms with Crippen molar-refractivity contribution in [2.75, 3.05) is 0 Å². The summed E-state index contributed by atoms with van der Waals surface area (Å²) in [7, 11) is -1.35. The van der Waals surface area contributed by atoms with Crippen LogP contribution in [0.3, 0.4) is 0 Å². The summed E-state index contributed by atoms with van der Waals surface area (Å²) in [4.78, 5) is 12.1. The number of halogens is 2. The van der Waals surface area contributed by atoms with Crippen LogP contribution in [0.1, 0.15) is 38.1 Å². The lowest BCUT2D eigenvalue weighted by molar-refractivity contribution is 0.0992. The number of benzene rings is 1. The molecular formula is C14H18F2O2S. The SMILES string of the molecule is CC(C)C(C)S(=O)C(C)C(=O)c1ccc(F)c(F)c1. The maximum Gasteiger partial charge on any atom is 0.178 e. The molecule has 0 aliphatic carbocycles. The molecule has 0 saturated carbocycles. The van der Waals surface area contributed by atoms with Crippen LogP contribution in [0, 0.1) is 17.6 Å². The summed E-state index contributed by atoms with van der Waals surface area (Å²) >= 11 is 0. The van der Waals surface area contributed by atoms with Crippen LogP contribution in [-0.4, -0.2) is 20.5 Å². The fourth-order valence-electron chi connectivity index (χ4n) is 1.58. The molecule has 0 heterocycles. The Bertz CT molecular complexity index is 500. The summed E-state index contributed by atoms with van der Waals surface area (Å²) in [5.41, 5.74) is 0.0516. The lowest BCUT2D eigenvalue weighted by Crippen LogP contribution is -2.31. The molecule has 0 N–H and O–H groups in total. The van der Waals surface area contributed by atoms with Crippen molar-refractivity contribution in [2.45, 2.75) is 38.2 Å². The highest BCUT2D eigenvalue weighted by atomic mass is 32.2. The van der Waals surface area contributed by atoms with Crippen molar-refractivity contribution in [3.8, 4) is 0 Å². The Morgan fingerprint density at radius 3 is 2.16 bits per heavy atom. The van der Waals surface area contributed by atoms with E-state index < -0.39 is 33.5 Å². The molecule has 3 atom stereocenters. The van der Waals surface area contributed by atoms with Crippen LogP contribution in [-0.2, 0) is 10.8 Å². The number of Topliss-reactive ketones (excluding diaryl/α,β-unsaturated/α-hetero) is 1. The van der Waals surface area contributed by atoms with Crippen LogP contribution in [0.2, 0.25) is 0 Å². The second-order valence-electron chi connectivity index (χ2n) is 4.91. The quantitative estimate of drug-likeness (QED) is 0.779. The van der Waals surface area contributed by atoms with E-state index in [0.29, 0.717) is 0 Å². The van der Waals surface area contributed by atoms with Gasteiger partial charge in [0.1, 0.15) is 0 Å². The minimum absolute atomic E-state index is 0.0516. The Kier molecular flexibility index (Phi) is 5.35.